The van der Waals surface area contributed by atoms with E-state index in [0.29, 0.717) is 19.4 Å². The molecule has 1 rings (SSSR count). The third-order valence-corrected chi connectivity index (χ3v) is 7.94. The van der Waals surface area contributed by atoms with E-state index in [9.17, 15) is 0 Å². The van der Waals surface area contributed by atoms with Gasteiger partial charge in [0.1, 0.15) is 18.1 Å². The van der Waals surface area contributed by atoms with E-state index in [2.05, 4.69) is 44.3 Å². The van der Waals surface area contributed by atoms with E-state index in [0.717, 1.165) is 56.9 Å². The predicted molar refractivity (Wildman–Crippen MR) is 173 cm³/mol. The van der Waals surface area contributed by atoms with Gasteiger partial charge in [-0.25, -0.2) is 0 Å². The molecule has 1 aromatic carbocycles. The molecule has 0 heterocycles. The van der Waals surface area contributed by atoms with Crippen LogP contribution in [0.25, 0.3) is 0 Å². The van der Waals surface area contributed by atoms with Crippen LogP contribution in [-0.4, -0.2) is 26.3 Å². The Morgan fingerprint density at radius 2 is 1.23 bits per heavy atom. The number of unbranched alkanes of at least 4 members (excludes halogenated alkanes) is 15. The zero-order valence-electron chi connectivity index (χ0n) is 27.5. The van der Waals surface area contributed by atoms with E-state index in [1.807, 2.05) is 0 Å². The summed E-state index contributed by atoms with van der Waals surface area (Å²) in [6.07, 6.45) is 27.4. The fraction of sp³-hybridized carbons (Fsp3) is 0.833. The molecule has 0 aromatic heterocycles. The third-order valence-electron chi connectivity index (χ3n) is 7.94. The van der Waals surface area contributed by atoms with Crippen molar-refractivity contribution in [2.24, 2.45) is 5.92 Å². The van der Waals surface area contributed by atoms with Gasteiger partial charge < -0.3 is 14.8 Å². The van der Waals surface area contributed by atoms with Crippen LogP contribution in [0, 0.1) is 5.92 Å². The summed E-state index contributed by atoms with van der Waals surface area (Å²) < 4.78 is 19.7. The summed E-state index contributed by atoms with van der Waals surface area (Å²) in [5.74, 6) is 2.55. The van der Waals surface area contributed by atoms with Crippen LogP contribution in [0.5, 0.6) is 11.5 Å². The van der Waals surface area contributed by atoms with Crippen molar-refractivity contribution in [1.82, 2.24) is 5.32 Å². The van der Waals surface area contributed by atoms with Crippen molar-refractivity contribution in [3.05, 3.63) is 23.8 Å². The summed E-state index contributed by atoms with van der Waals surface area (Å²) in [7, 11) is 0. The summed E-state index contributed by atoms with van der Waals surface area (Å²) in [6.45, 7) is 10.7. The largest absolute Gasteiger partial charge is 0.493 e. The minimum Gasteiger partial charge on any atom is -0.493 e. The summed E-state index contributed by atoms with van der Waals surface area (Å²) in [6, 6.07) is 6.58. The van der Waals surface area contributed by atoms with Gasteiger partial charge in [0, 0.05) is 14.0 Å². The molecule has 39 heavy (non-hydrogen) atoms. The van der Waals surface area contributed by atoms with Crippen LogP contribution in [-0.2, 0) is 6.42 Å². The smallest absolute Gasteiger partial charge is 0.123 e. The molecular weight excluding hydrogens is 478 g/mol. The summed E-state index contributed by atoms with van der Waals surface area (Å²) >= 11 is 0. The van der Waals surface area contributed by atoms with Gasteiger partial charge in [-0.15, -0.1) is 0 Å². The summed E-state index contributed by atoms with van der Waals surface area (Å²) in [5, 5.41) is 3.47. The van der Waals surface area contributed by atoms with Gasteiger partial charge in [0.2, 0.25) is 0 Å². The predicted octanol–water partition coefficient (Wildman–Crippen LogP) is 11.1. The van der Waals surface area contributed by atoms with Crippen LogP contribution < -0.4 is 14.8 Å². The molecule has 0 saturated heterocycles. The molecule has 0 spiro atoms. The van der Waals surface area contributed by atoms with Gasteiger partial charge in [0.15, 0.2) is 0 Å². The van der Waals surface area contributed by atoms with Crippen molar-refractivity contribution in [2.45, 2.75) is 163 Å². The van der Waals surface area contributed by atoms with Gasteiger partial charge >= 0.3 is 0 Å². The van der Waals surface area contributed by atoms with Crippen LogP contribution in [0.1, 0.15) is 163 Å². The maximum atomic E-state index is 7.24. The molecule has 0 aliphatic carbocycles. The molecule has 1 N–H and O–H groups in total. The van der Waals surface area contributed by atoms with Gasteiger partial charge in [0.05, 0.1) is 6.61 Å². The van der Waals surface area contributed by atoms with E-state index < -0.39 is 0 Å². The Morgan fingerprint density at radius 1 is 0.641 bits per heavy atom. The first-order valence-corrected chi connectivity index (χ1v) is 17.1. The first-order valence-electron chi connectivity index (χ1n) is 17.8. The fourth-order valence-corrected chi connectivity index (χ4v) is 5.19. The maximum Gasteiger partial charge on any atom is 0.123 e. The number of benzene rings is 1. The first-order chi connectivity index (χ1) is 19.7. The number of rotatable bonds is 29. The van der Waals surface area contributed by atoms with Crippen molar-refractivity contribution in [3.8, 4) is 11.5 Å². The standard InChI is InChI=1S/C36H67NO2/c1-5-9-12-13-14-15-16-17-18-19-20-21-22-25-34-29-35(38-28-27-37-26-23-10-6-2)31-36(30-34)39-32-33(8-4)24-11-7-3/h29-31,33,37H,5-28,32H2,1-4H3/i2D. The van der Waals surface area contributed by atoms with Crippen LogP contribution in [0.2, 0.25) is 0 Å². The molecule has 0 radical (unpaired) electrons. The highest BCUT2D eigenvalue weighted by Gasteiger charge is 2.09. The van der Waals surface area contributed by atoms with Crippen molar-refractivity contribution < 1.29 is 10.8 Å². The lowest BCUT2D eigenvalue weighted by Gasteiger charge is -2.17. The molecule has 1 unspecified atom stereocenters. The number of hydrogen-bond acceptors (Lipinski definition) is 3. The van der Waals surface area contributed by atoms with Crippen molar-refractivity contribution >= 4 is 0 Å². The lowest BCUT2D eigenvalue weighted by molar-refractivity contribution is 0.231. The molecule has 0 fully saturated rings. The number of ether oxygens (including phenoxy) is 2. The van der Waals surface area contributed by atoms with Gasteiger partial charge in [-0.1, -0.05) is 137 Å². The zero-order chi connectivity index (χ0) is 28.9. The van der Waals surface area contributed by atoms with Gasteiger partial charge in [-0.2, -0.15) is 0 Å². The molecular formula is C36H67NO2. The highest BCUT2D eigenvalue weighted by atomic mass is 16.5. The first kappa shape index (κ1) is 34.0. The van der Waals surface area contributed by atoms with Gasteiger partial charge in [-0.3, -0.25) is 0 Å². The maximum absolute atomic E-state index is 7.24. The van der Waals surface area contributed by atoms with Crippen LogP contribution >= 0.6 is 0 Å². The average molecular weight is 547 g/mol. The Hall–Kier alpha value is -1.22. The number of nitrogens with one attached hydrogen (secondary N) is 1. The van der Waals surface area contributed by atoms with E-state index in [1.54, 1.807) is 0 Å². The molecule has 0 amide bonds. The quantitative estimate of drug-likeness (QED) is 0.101. The lowest BCUT2D eigenvalue weighted by Crippen LogP contribution is -2.22. The molecule has 1 atom stereocenters. The normalized spacial score (nSPS) is 12.4. The lowest BCUT2D eigenvalue weighted by atomic mass is 10.0. The molecule has 228 valence electrons. The molecule has 3 heteroatoms. The Morgan fingerprint density at radius 3 is 1.85 bits per heavy atom. The summed E-state index contributed by atoms with van der Waals surface area (Å²) in [4.78, 5) is 0. The average Bonchev–Trinajstić information content (AvgIpc) is 2.97. The van der Waals surface area contributed by atoms with Crippen LogP contribution in [0.4, 0.5) is 0 Å². The van der Waals surface area contributed by atoms with Crippen molar-refractivity contribution in [1.29, 1.82) is 0 Å². The molecule has 0 saturated carbocycles. The Balaban J connectivity index is 2.40. The Kier molecular flexibility index (Phi) is 23.5. The highest BCUT2D eigenvalue weighted by Crippen LogP contribution is 2.26. The molecule has 3 nitrogen and oxygen atoms in total. The van der Waals surface area contributed by atoms with Gasteiger partial charge in [-0.05, 0) is 55.8 Å². The van der Waals surface area contributed by atoms with Gasteiger partial charge in [0.25, 0.3) is 0 Å². The van der Waals surface area contributed by atoms with E-state index in [1.165, 1.54) is 115 Å². The number of hydrogen-bond donors (Lipinski definition) is 1. The minimum atomic E-state index is 0.542. The topological polar surface area (TPSA) is 30.5 Å². The van der Waals surface area contributed by atoms with Crippen LogP contribution in [0.3, 0.4) is 0 Å². The second-order valence-corrected chi connectivity index (χ2v) is 11.7. The molecule has 0 aliphatic heterocycles. The molecule has 0 bridgehead atoms. The minimum absolute atomic E-state index is 0.542. The van der Waals surface area contributed by atoms with E-state index in [-0.39, 0.29) is 0 Å². The third kappa shape index (κ3) is 21.2. The fourth-order valence-electron chi connectivity index (χ4n) is 5.19. The zero-order valence-corrected chi connectivity index (χ0v) is 26.5. The molecule has 0 aliphatic rings. The Labute approximate surface area is 246 Å². The second kappa shape index (κ2) is 27.0. The number of aryl methyl sites for hydroxylation is 1. The second-order valence-electron chi connectivity index (χ2n) is 11.7. The highest BCUT2D eigenvalue weighted by molar-refractivity contribution is 5.38. The van der Waals surface area contributed by atoms with Crippen molar-refractivity contribution in [2.75, 3.05) is 26.3 Å². The molecule has 1 aromatic rings. The van der Waals surface area contributed by atoms with E-state index >= 15 is 0 Å². The SMILES string of the molecule is [2H]CCCCCNCCOc1cc(CCCCCCCCCCCCCCC)cc(OCC(CC)CCCC)c1. The van der Waals surface area contributed by atoms with E-state index in [4.69, 9.17) is 10.8 Å². The Bertz CT molecular complexity index is 668. The van der Waals surface area contributed by atoms with Crippen molar-refractivity contribution in [3.63, 3.8) is 0 Å². The van der Waals surface area contributed by atoms with Crippen LogP contribution in [0.15, 0.2) is 18.2 Å². The monoisotopic (exact) mass is 547 g/mol. The summed E-state index contributed by atoms with van der Waals surface area (Å²) in [5.41, 5.74) is 1.35.